The molecule has 0 saturated heterocycles. The summed E-state index contributed by atoms with van der Waals surface area (Å²) in [5, 5.41) is 8.54. The molecule has 1 unspecified atom stereocenters. The number of amides is 2. The molecule has 0 bridgehead atoms. The maximum atomic E-state index is 12.7. The van der Waals surface area contributed by atoms with Gasteiger partial charge in [0, 0.05) is 34.8 Å². The molecule has 31 heavy (non-hydrogen) atoms. The highest BCUT2D eigenvalue weighted by molar-refractivity contribution is 6.42. The minimum absolute atomic E-state index is 0.149. The number of para-hydroxylation sites is 1. The van der Waals surface area contributed by atoms with Gasteiger partial charge in [0.2, 0.25) is 0 Å². The van der Waals surface area contributed by atoms with Crippen LogP contribution in [-0.2, 0) is 11.3 Å². The molecule has 2 aromatic carbocycles. The van der Waals surface area contributed by atoms with Crippen LogP contribution in [0.3, 0.4) is 0 Å². The summed E-state index contributed by atoms with van der Waals surface area (Å²) in [6.07, 6.45) is 3.61. The number of fused-ring (bicyclic) bond motifs is 1. The van der Waals surface area contributed by atoms with Gasteiger partial charge in [0.05, 0.1) is 16.3 Å². The number of hydrogen-bond acceptors (Lipinski definition) is 3. The molecule has 1 heterocycles. The molecule has 6 nitrogen and oxygen atoms in total. The Morgan fingerprint density at radius 1 is 1.13 bits per heavy atom. The van der Waals surface area contributed by atoms with Crippen LogP contribution in [0.15, 0.2) is 53.8 Å². The molecule has 162 valence electrons. The van der Waals surface area contributed by atoms with Crippen LogP contribution < -0.4 is 10.7 Å². The summed E-state index contributed by atoms with van der Waals surface area (Å²) in [5.41, 5.74) is 4.87. The molecular formula is C23H24Cl2N4O2. The molecule has 2 N–H and O–H groups in total. The van der Waals surface area contributed by atoms with Crippen molar-refractivity contribution in [2.24, 2.45) is 11.0 Å². The lowest BCUT2D eigenvalue weighted by atomic mass is 10.0. The summed E-state index contributed by atoms with van der Waals surface area (Å²) in [7, 11) is 0. The van der Waals surface area contributed by atoms with Crippen molar-refractivity contribution in [3.05, 3.63) is 69.8 Å². The van der Waals surface area contributed by atoms with Crippen LogP contribution in [0, 0.1) is 5.92 Å². The maximum absolute atomic E-state index is 12.7. The van der Waals surface area contributed by atoms with Crippen molar-refractivity contribution < 1.29 is 9.59 Å². The lowest BCUT2D eigenvalue weighted by Crippen LogP contribution is -2.48. The summed E-state index contributed by atoms with van der Waals surface area (Å²) in [6.45, 7) is 6.59. The van der Waals surface area contributed by atoms with Gasteiger partial charge in [-0.05, 0) is 37.1 Å². The molecule has 0 fully saturated rings. The van der Waals surface area contributed by atoms with Gasteiger partial charge in [0.15, 0.2) is 0 Å². The van der Waals surface area contributed by atoms with Crippen LogP contribution in [0.5, 0.6) is 0 Å². The standard InChI is InChI=1S/C23H24Cl2N4O2/c1-4-29-13-16(17-7-5-6-8-20(17)29)12-26-28-23(31)21(14(2)3)27-22(30)15-9-10-18(24)19(25)11-15/h5-14,21H,4H2,1-3H3,(H,27,30)(H,28,31)/b26-12-. The lowest BCUT2D eigenvalue weighted by molar-refractivity contribution is -0.123. The number of rotatable bonds is 7. The molecule has 0 aliphatic heterocycles. The molecule has 8 heteroatoms. The van der Waals surface area contributed by atoms with Crippen molar-refractivity contribution in [3.8, 4) is 0 Å². The number of benzene rings is 2. The number of nitrogens with one attached hydrogen (secondary N) is 2. The van der Waals surface area contributed by atoms with E-state index in [1.807, 2.05) is 44.3 Å². The number of hydrazone groups is 1. The van der Waals surface area contributed by atoms with E-state index < -0.39 is 17.9 Å². The van der Waals surface area contributed by atoms with Crippen LogP contribution in [0.2, 0.25) is 10.0 Å². The van der Waals surface area contributed by atoms with Gasteiger partial charge in [-0.1, -0.05) is 55.2 Å². The van der Waals surface area contributed by atoms with Gasteiger partial charge >= 0.3 is 0 Å². The summed E-state index contributed by atoms with van der Waals surface area (Å²) in [6, 6.07) is 11.8. The van der Waals surface area contributed by atoms with Gasteiger partial charge in [-0.3, -0.25) is 9.59 Å². The van der Waals surface area contributed by atoms with Crippen molar-refractivity contribution in [3.63, 3.8) is 0 Å². The summed E-state index contributed by atoms with van der Waals surface area (Å²) in [4.78, 5) is 25.3. The Hall–Kier alpha value is -2.83. The van der Waals surface area contributed by atoms with Crippen LogP contribution in [0.4, 0.5) is 0 Å². The van der Waals surface area contributed by atoms with Gasteiger partial charge in [0.1, 0.15) is 6.04 Å². The smallest absolute Gasteiger partial charge is 0.262 e. The largest absolute Gasteiger partial charge is 0.347 e. The fraction of sp³-hybridized carbons (Fsp3) is 0.261. The van der Waals surface area contributed by atoms with Gasteiger partial charge < -0.3 is 9.88 Å². The summed E-state index contributed by atoms with van der Waals surface area (Å²) in [5.74, 6) is -0.967. The molecule has 1 aromatic heterocycles. The predicted octanol–water partition coefficient (Wildman–Crippen LogP) is 4.87. The highest BCUT2D eigenvalue weighted by Crippen LogP contribution is 2.23. The minimum Gasteiger partial charge on any atom is -0.347 e. The Morgan fingerprint density at radius 3 is 2.55 bits per heavy atom. The van der Waals surface area contributed by atoms with E-state index in [1.165, 1.54) is 6.07 Å². The number of carbonyl (C=O) groups is 2. The van der Waals surface area contributed by atoms with E-state index in [1.54, 1.807) is 18.3 Å². The summed E-state index contributed by atoms with van der Waals surface area (Å²) >= 11 is 11.9. The van der Waals surface area contributed by atoms with Crippen molar-refractivity contribution in [1.29, 1.82) is 0 Å². The van der Waals surface area contributed by atoms with Crippen molar-refractivity contribution in [2.45, 2.75) is 33.4 Å². The number of nitrogens with zero attached hydrogens (tertiary/aromatic N) is 2. The normalized spacial score (nSPS) is 12.5. The molecular weight excluding hydrogens is 435 g/mol. The number of halogens is 2. The van der Waals surface area contributed by atoms with Gasteiger partial charge in [-0.25, -0.2) is 5.43 Å². The van der Waals surface area contributed by atoms with Crippen LogP contribution in [0.1, 0.15) is 36.7 Å². The molecule has 2 amide bonds. The molecule has 0 spiro atoms. The zero-order chi connectivity index (χ0) is 22.5. The summed E-state index contributed by atoms with van der Waals surface area (Å²) < 4.78 is 2.12. The van der Waals surface area contributed by atoms with Gasteiger partial charge in [-0.2, -0.15) is 5.10 Å². The van der Waals surface area contributed by atoms with E-state index >= 15 is 0 Å². The number of aryl methyl sites for hydroxylation is 1. The minimum atomic E-state index is -0.768. The Kier molecular flexibility index (Phi) is 7.36. The molecule has 0 radical (unpaired) electrons. The predicted molar refractivity (Wildman–Crippen MR) is 126 cm³/mol. The van der Waals surface area contributed by atoms with Crippen molar-refractivity contribution in [1.82, 2.24) is 15.3 Å². The number of aromatic nitrogens is 1. The van der Waals surface area contributed by atoms with Crippen LogP contribution >= 0.6 is 23.2 Å². The molecule has 3 aromatic rings. The fourth-order valence-corrected chi connectivity index (χ4v) is 3.57. The second-order valence-electron chi connectivity index (χ2n) is 7.45. The monoisotopic (exact) mass is 458 g/mol. The second-order valence-corrected chi connectivity index (χ2v) is 8.26. The highest BCUT2D eigenvalue weighted by atomic mass is 35.5. The lowest BCUT2D eigenvalue weighted by Gasteiger charge is -2.20. The molecule has 1 atom stereocenters. The van der Waals surface area contributed by atoms with Crippen molar-refractivity contribution >= 4 is 52.1 Å². The highest BCUT2D eigenvalue weighted by Gasteiger charge is 2.24. The third-order valence-corrected chi connectivity index (χ3v) is 5.70. The zero-order valence-corrected chi connectivity index (χ0v) is 19.0. The first kappa shape index (κ1) is 22.8. The van der Waals surface area contributed by atoms with Gasteiger partial charge in [0.25, 0.3) is 11.8 Å². The zero-order valence-electron chi connectivity index (χ0n) is 17.5. The third-order valence-electron chi connectivity index (χ3n) is 4.96. The van der Waals surface area contributed by atoms with E-state index in [-0.39, 0.29) is 10.9 Å². The number of hydrogen-bond donors (Lipinski definition) is 2. The van der Waals surface area contributed by atoms with E-state index in [0.717, 1.165) is 23.0 Å². The van der Waals surface area contributed by atoms with Crippen LogP contribution in [0.25, 0.3) is 10.9 Å². The average Bonchev–Trinajstić information content (AvgIpc) is 3.11. The van der Waals surface area contributed by atoms with E-state index in [2.05, 4.69) is 27.3 Å². The molecule has 0 aliphatic rings. The van der Waals surface area contributed by atoms with Crippen LogP contribution in [-0.4, -0.2) is 28.6 Å². The Balaban J connectivity index is 1.71. The van der Waals surface area contributed by atoms with Gasteiger partial charge in [-0.15, -0.1) is 0 Å². The Labute approximate surface area is 191 Å². The van der Waals surface area contributed by atoms with E-state index in [0.29, 0.717) is 10.6 Å². The average molecular weight is 459 g/mol. The first-order valence-electron chi connectivity index (χ1n) is 9.98. The Bertz CT molecular complexity index is 1140. The fourth-order valence-electron chi connectivity index (χ4n) is 3.27. The Morgan fingerprint density at radius 2 is 1.87 bits per heavy atom. The molecule has 0 saturated carbocycles. The quantitative estimate of drug-likeness (QED) is 0.391. The van der Waals surface area contributed by atoms with Crippen molar-refractivity contribution in [2.75, 3.05) is 0 Å². The van der Waals surface area contributed by atoms with E-state index in [9.17, 15) is 9.59 Å². The first-order valence-corrected chi connectivity index (χ1v) is 10.7. The van der Waals surface area contributed by atoms with E-state index in [4.69, 9.17) is 23.2 Å². The first-order chi connectivity index (χ1) is 14.8. The SMILES string of the molecule is CCn1cc(/C=N\NC(=O)C(NC(=O)c2ccc(Cl)c(Cl)c2)C(C)C)c2ccccc21. The molecule has 0 aliphatic carbocycles. The third kappa shape index (κ3) is 5.27. The topological polar surface area (TPSA) is 75.5 Å². The number of carbonyl (C=O) groups excluding carboxylic acids is 2. The molecule has 3 rings (SSSR count). The maximum Gasteiger partial charge on any atom is 0.262 e. The second kappa shape index (κ2) is 9.98.